The molecule has 144 valence electrons. The third-order valence-electron chi connectivity index (χ3n) is 4.80. The minimum Gasteiger partial charge on any atom is -0.344 e. The summed E-state index contributed by atoms with van der Waals surface area (Å²) in [6.45, 7) is 6.55. The van der Waals surface area contributed by atoms with Crippen LogP contribution in [-0.2, 0) is 15.8 Å². The van der Waals surface area contributed by atoms with Gasteiger partial charge < -0.3 is 5.32 Å². The molecule has 0 aromatic heterocycles. The second-order valence-electron chi connectivity index (χ2n) is 7.92. The lowest BCUT2D eigenvalue weighted by Gasteiger charge is -2.30. The van der Waals surface area contributed by atoms with Gasteiger partial charge >= 0.3 is 0 Å². The van der Waals surface area contributed by atoms with E-state index in [0.717, 1.165) is 24.0 Å². The molecule has 1 aliphatic rings. The first-order valence-electron chi connectivity index (χ1n) is 9.47. The Hall–Kier alpha value is -1.98. The van der Waals surface area contributed by atoms with Crippen molar-refractivity contribution in [3.05, 3.63) is 71.8 Å². The van der Waals surface area contributed by atoms with Crippen LogP contribution in [-0.4, -0.2) is 31.8 Å². The van der Waals surface area contributed by atoms with Crippen molar-refractivity contribution in [1.82, 2.24) is 9.62 Å². The Labute approximate surface area is 164 Å². The predicted molar refractivity (Wildman–Crippen MR) is 110 cm³/mol. The molecule has 4 nitrogen and oxygen atoms in total. The molecule has 27 heavy (non-hydrogen) atoms. The third kappa shape index (κ3) is 4.66. The molecule has 2 atom stereocenters. The lowest BCUT2D eigenvalue weighted by molar-refractivity contribution is -0.124. The molecule has 0 spiro atoms. The average molecular weight is 385 g/mol. The van der Waals surface area contributed by atoms with E-state index in [2.05, 4.69) is 5.32 Å². The summed E-state index contributed by atoms with van der Waals surface area (Å²) in [7, 11) is -1.19. The van der Waals surface area contributed by atoms with E-state index in [1.165, 1.54) is 0 Å². The molecule has 0 bridgehead atoms. The standard InChI is InChI=1S/C22H28N2O2S/c1-22(2,3)27(26)24-16-10-15-19(24)21(25)23-20(17-11-6-4-7-12-17)18-13-8-5-9-14-18/h4-9,11-14,19-20H,10,15-16H2,1-3H3,(H,23,25)/t19-,27?/m0/s1. The highest BCUT2D eigenvalue weighted by molar-refractivity contribution is 7.84. The number of carbonyl (C=O) groups excluding carboxylic acids is 1. The Morgan fingerprint density at radius 1 is 1.04 bits per heavy atom. The summed E-state index contributed by atoms with van der Waals surface area (Å²) in [4.78, 5) is 13.2. The first-order valence-corrected chi connectivity index (χ1v) is 10.6. The fourth-order valence-electron chi connectivity index (χ4n) is 3.44. The third-order valence-corrected chi connectivity index (χ3v) is 6.71. The number of benzene rings is 2. The van der Waals surface area contributed by atoms with Crippen LogP contribution in [0.25, 0.3) is 0 Å². The number of nitrogens with zero attached hydrogens (tertiary/aromatic N) is 1. The van der Waals surface area contributed by atoms with Gasteiger partial charge in [0.25, 0.3) is 0 Å². The second kappa shape index (κ2) is 8.36. The number of carbonyl (C=O) groups is 1. The lowest BCUT2D eigenvalue weighted by Crippen LogP contribution is -2.48. The number of rotatable bonds is 5. The zero-order valence-corrected chi connectivity index (χ0v) is 17.0. The summed E-state index contributed by atoms with van der Waals surface area (Å²) in [5.74, 6) is -0.0530. The largest absolute Gasteiger partial charge is 0.344 e. The zero-order valence-electron chi connectivity index (χ0n) is 16.2. The van der Waals surface area contributed by atoms with Gasteiger partial charge in [-0.1, -0.05) is 60.7 Å². The first kappa shape index (κ1) is 19.8. The number of hydrogen-bond donors (Lipinski definition) is 1. The van der Waals surface area contributed by atoms with Crippen molar-refractivity contribution >= 4 is 16.9 Å². The molecular formula is C22H28N2O2S. The van der Waals surface area contributed by atoms with Crippen LogP contribution in [0.1, 0.15) is 50.8 Å². The lowest BCUT2D eigenvalue weighted by atomic mass is 9.98. The Bertz CT molecular complexity index is 747. The van der Waals surface area contributed by atoms with Crippen LogP contribution in [0, 0.1) is 0 Å². The number of hydrogen-bond acceptors (Lipinski definition) is 2. The van der Waals surface area contributed by atoms with Crippen molar-refractivity contribution in [2.45, 2.75) is 50.4 Å². The van der Waals surface area contributed by atoms with Crippen molar-refractivity contribution in [2.24, 2.45) is 0 Å². The Morgan fingerprint density at radius 3 is 2.04 bits per heavy atom. The highest BCUT2D eigenvalue weighted by Crippen LogP contribution is 2.27. The average Bonchev–Trinajstić information content (AvgIpc) is 3.15. The van der Waals surface area contributed by atoms with E-state index in [4.69, 9.17) is 0 Å². The van der Waals surface area contributed by atoms with Gasteiger partial charge in [0, 0.05) is 6.54 Å². The van der Waals surface area contributed by atoms with E-state index in [1.807, 2.05) is 85.7 Å². The molecule has 2 aromatic carbocycles. The number of amides is 1. The van der Waals surface area contributed by atoms with Gasteiger partial charge in [-0.2, -0.15) is 0 Å². The van der Waals surface area contributed by atoms with Crippen LogP contribution in [0.3, 0.4) is 0 Å². The smallest absolute Gasteiger partial charge is 0.239 e. The van der Waals surface area contributed by atoms with Gasteiger partial charge in [-0.15, -0.1) is 0 Å². The molecule has 3 rings (SSSR count). The molecule has 1 N–H and O–H groups in total. The highest BCUT2D eigenvalue weighted by Gasteiger charge is 2.39. The Balaban J connectivity index is 1.84. The second-order valence-corrected chi connectivity index (χ2v) is 10.1. The summed E-state index contributed by atoms with van der Waals surface area (Å²) in [6, 6.07) is 19.4. The Morgan fingerprint density at radius 2 is 1.56 bits per heavy atom. The minimum atomic E-state index is -1.19. The van der Waals surface area contributed by atoms with Crippen LogP contribution in [0.5, 0.6) is 0 Å². The highest BCUT2D eigenvalue weighted by atomic mass is 32.2. The molecule has 5 heteroatoms. The van der Waals surface area contributed by atoms with Crippen molar-refractivity contribution < 1.29 is 9.00 Å². The van der Waals surface area contributed by atoms with Crippen LogP contribution in [0.2, 0.25) is 0 Å². The zero-order chi connectivity index (χ0) is 19.4. The first-order chi connectivity index (χ1) is 12.9. The topological polar surface area (TPSA) is 49.4 Å². The van der Waals surface area contributed by atoms with Crippen molar-refractivity contribution in [3.63, 3.8) is 0 Å². The monoisotopic (exact) mass is 384 g/mol. The maximum absolute atomic E-state index is 13.2. The maximum Gasteiger partial charge on any atom is 0.239 e. The fourth-order valence-corrected chi connectivity index (χ4v) is 4.87. The molecule has 2 aromatic rings. The molecular weight excluding hydrogens is 356 g/mol. The molecule has 1 heterocycles. The van der Waals surface area contributed by atoms with E-state index >= 15 is 0 Å². The summed E-state index contributed by atoms with van der Waals surface area (Å²) in [6.07, 6.45) is 1.63. The van der Waals surface area contributed by atoms with Crippen molar-refractivity contribution in [3.8, 4) is 0 Å². The molecule has 0 radical (unpaired) electrons. The van der Waals surface area contributed by atoms with Crippen molar-refractivity contribution in [2.75, 3.05) is 6.54 Å². The van der Waals surface area contributed by atoms with Gasteiger partial charge in [0.1, 0.15) is 17.0 Å². The predicted octanol–water partition coefficient (Wildman–Crippen LogP) is 3.82. The molecule has 0 aliphatic carbocycles. The van der Waals surface area contributed by atoms with Crippen LogP contribution in [0.15, 0.2) is 60.7 Å². The normalized spacial score (nSPS) is 19.2. The summed E-state index contributed by atoms with van der Waals surface area (Å²) >= 11 is 0. The van der Waals surface area contributed by atoms with Gasteiger partial charge in [0.05, 0.1) is 10.8 Å². The molecule has 1 saturated heterocycles. The summed E-state index contributed by atoms with van der Waals surface area (Å²) < 4.78 is 14.4. The van der Waals surface area contributed by atoms with Gasteiger partial charge in [0.15, 0.2) is 0 Å². The fraction of sp³-hybridized carbons (Fsp3) is 0.409. The van der Waals surface area contributed by atoms with Gasteiger partial charge in [-0.05, 0) is 44.7 Å². The molecule has 1 fully saturated rings. The van der Waals surface area contributed by atoms with Crippen LogP contribution >= 0.6 is 0 Å². The molecule has 1 amide bonds. The van der Waals surface area contributed by atoms with Crippen LogP contribution in [0.4, 0.5) is 0 Å². The van der Waals surface area contributed by atoms with Gasteiger partial charge in [-0.3, -0.25) is 4.79 Å². The van der Waals surface area contributed by atoms with Crippen molar-refractivity contribution in [1.29, 1.82) is 0 Å². The van der Waals surface area contributed by atoms with E-state index < -0.39 is 11.0 Å². The minimum absolute atomic E-state index is 0.0530. The van der Waals surface area contributed by atoms with E-state index in [-0.39, 0.29) is 22.7 Å². The summed E-state index contributed by atoms with van der Waals surface area (Å²) in [5, 5.41) is 3.21. The van der Waals surface area contributed by atoms with Crippen LogP contribution < -0.4 is 5.32 Å². The van der Waals surface area contributed by atoms with E-state index in [1.54, 1.807) is 0 Å². The van der Waals surface area contributed by atoms with E-state index in [0.29, 0.717) is 6.54 Å². The molecule has 0 saturated carbocycles. The van der Waals surface area contributed by atoms with Gasteiger partial charge in [-0.25, -0.2) is 8.51 Å². The molecule has 1 aliphatic heterocycles. The van der Waals surface area contributed by atoms with E-state index in [9.17, 15) is 9.00 Å². The Kier molecular flexibility index (Phi) is 6.12. The number of nitrogens with one attached hydrogen (secondary N) is 1. The summed E-state index contributed by atoms with van der Waals surface area (Å²) in [5.41, 5.74) is 2.08. The maximum atomic E-state index is 13.2. The quantitative estimate of drug-likeness (QED) is 0.852. The van der Waals surface area contributed by atoms with Gasteiger partial charge in [0.2, 0.25) is 5.91 Å². The molecule has 1 unspecified atom stereocenters. The SMILES string of the molecule is CC(C)(C)S(=O)N1CCC[C@H]1C(=O)NC(c1ccccc1)c1ccccc1.